The third-order valence-electron chi connectivity index (χ3n) is 2.81. The van der Waals surface area contributed by atoms with Crippen LogP contribution < -0.4 is 10.5 Å². The lowest BCUT2D eigenvalue weighted by Crippen LogP contribution is -2.19. The van der Waals surface area contributed by atoms with E-state index in [0.29, 0.717) is 16.8 Å². The molecule has 110 valence electrons. The molecule has 0 aliphatic carbocycles. The van der Waals surface area contributed by atoms with Gasteiger partial charge in [-0.2, -0.15) is 0 Å². The Labute approximate surface area is 129 Å². The second kappa shape index (κ2) is 6.19. The number of anilines is 1. The molecule has 0 radical (unpaired) electrons. The Morgan fingerprint density at radius 1 is 1.29 bits per heavy atom. The smallest absolute Gasteiger partial charge is 0.236 e. The van der Waals surface area contributed by atoms with Gasteiger partial charge in [0.2, 0.25) is 10.0 Å². The fourth-order valence-corrected chi connectivity index (χ4v) is 3.25. The second-order valence-electron chi connectivity index (χ2n) is 4.57. The van der Waals surface area contributed by atoms with Crippen LogP contribution in [0.3, 0.4) is 0 Å². The molecule has 0 amide bonds. The minimum Gasteiger partial charge on any atom is -0.389 e. The van der Waals surface area contributed by atoms with Crippen molar-refractivity contribution < 1.29 is 8.42 Å². The summed E-state index contributed by atoms with van der Waals surface area (Å²) in [5.41, 5.74) is 7.99. The van der Waals surface area contributed by atoms with Crippen molar-refractivity contribution in [2.45, 2.75) is 12.7 Å². The zero-order valence-electron chi connectivity index (χ0n) is 11.4. The summed E-state index contributed by atoms with van der Waals surface area (Å²) in [7, 11) is -3.56. The van der Waals surface area contributed by atoms with Gasteiger partial charge in [-0.1, -0.05) is 36.5 Å². The van der Waals surface area contributed by atoms with Gasteiger partial charge in [0, 0.05) is 11.3 Å². The number of hydrogen-bond acceptors (Lipinski definition) is 4. The minimum atomic E-state index is -3.56. The fraction of sp³-hybridized carbons (Fsp3) is 0.143. The molecular formula is C14H15N3O2S2. The predicted molar refractivity (Wildman–Crippen MR) is 87.5 cm³/mol. The van der Waals surface area contributed by atoms with Crippen LogP contribution >= 0.6 is 12.2 Å². The molecule has 0 bridgehead atoms. The van der Waals surface area contributed by atoms with Crippen LogP contribution in [0.4, 0.5) is 5.69 Å². The van der Waals surface area contributed by atoms with Gasteiger partial charge in [0.05, 0.1) is 17.6 Å². The Hall–Kier alpha value is -1.99. The average Bonchev–Trinajstić information content (AvgIpc) is 2.41. The number of nitrogens with one attached hydrogen (secondary N) is 1. The number of aromatic nitrogens is 1. The van der Waals surface area contributed by atoms with Gasteiger partial charge in [-0.05, 0) is 24.6 Å². The second-order valence-corrected chi connectivity index (χ2v) is 6.73. The highest BCUT2D eigenvalue weighted by molar-refractivity contribution is 7.91. The standard InChI is InChI=1S/C14H15N3O2S2/c1-10-6-7-12(8-16-10)17-21(18,19)9-11-4-2-3-5-13(11)14(15)20/h2-8,17H,9H2,1H3,(H2,15,20). The zero-order chi connectivity index (χ0) is 15.5. The van der Waals surface area contributed by atoms with Gasteiger partial charge in [-0.25, -0.2) is 8.42 Å². The van der Waals surface area contributed by atoms with E-state index in [0.717, 1.165) is 5.69 Å². The van der Waals surface area contributed by atoms with Crippen molar-refractivity contribution >= 4 is 32.9 Å². The van der Waals surface area contributed by atoms with Crippen molar-refractivity contribution in [3.05, 3.63) is 59.4 Å². The van der Waals surface area contributed by atoms with Gasteiger partial charge in [-0.15, -0.1) is 0 Å². The summed E-state index contributed by atoms with van der Waals surface area (Å²) in [5.74, 6) is -0.200. The number of benzene rings is 1. The van der Waals surface area contributed by atoms with Crippen LogP contribution in [0.2, 0.25) is 0 Å². The van der Waals surface area contributed by atoms with Crippen molar-refractivity contribution in [2.75, 3.05) is 4.72 Å². The molecule has 1 aromatic heterocycles. The number of aryl methyl sites for hydroxylation is 1. The van der Waals surface area contributed by atoms with Gasteiger partial charge in [0.1, 0.15) is 4.99 Å². The summed E-state index contributed by atoms with van der Waals surface area (Å²) in [5, 5.41) is 0. The molecule has 3 N–H and O–H groups in total. The number of thiocarbonyl (C=S) groups is 1. The maximum Gasteiger partial charge on any atom is 0.236 e. The van der Waals surface area contributed by atoms with E-state index in [9.17, 15) is 8.42 Å². The van der Waals surface area contributed by atoms with Crippen LogP contribution in [-0.2, 0) is 15.8 Å². The van der Waals surface area contributed by atoms with Crippen LogP contribution in [0.5, 0.6) is 0 Å². The highest BCUT2D eigenvalue weighted by Gasteiger charge is 2.15. The predicted octanol–water partition coefficient (Wildman–Crippen LogP) is 1.97. The van der Waals surface area contributed by atoms with E-state index in [1.807, 2.05) is 6.92 Å². The number of rotatable bonds is 5. The first kappa shape index (κ1) is 15.4. The molecule has 2 rings (SSSR count). The summed E-state index contributed by atoms with van der Waals surface area (Å²) in [6.07, 6.45) is 1.48. The van der Waals surface area contributed by atoms with Gasteiger partial charge >= 0.3 is 0 Å². The maximum absolute atomic E-state index is 12.2. The van der Waals surface area contributed by atoms with Crippen LogP contribution in [-0.4, -0.2) is 18.4 Å². The summed E-state index contributed by atoms with van der Waals surface area (Å²) >= 11 is 4.94. The Morgan fingerprint density at radius 2 is 2.00 bits per heavy atom. The largest absolute Gasteiger partial charge is 0.389 e. The van der Waals surface area contributed by atoms with Gasteiger partial charge in [0.25, 0.3) is 0 Å². The molecule has 0 aliphatic heterocycles. The van der Waals surface area contributed by atoms with Crippen LogP contribution in [0.15, 0.2) is 42.6 Å². The topological polar surface area (TPSA) is 85.1 Å². The summed E-state index contributed by atoms with van der Waals surface area (Å²) in [4.78, 5) is 4.23. The van der Waals surface area contributed by atoms with E-state index in [4.69, 9.17) is 18.0 Å². The fourth-order valence-electron chi connectivity index (χ4n) is 1.84. The average molecular weight is 321 g/mol. The molecule has 0 spiro atoms. The van der Waals surface area contributed by atoms with E-state index in [-0.39, 0.29) is 10.7 Å². The molecule has 0 unspecified atom stereocenters. The Morgan fingerprint density at radius 3 is 2.62 bits per heavy atom. The number of hydrogen-bond donors (Lipinski definition) is 2. The van der Waals surface area contributed by atoms with E-state index in [2.05, 4.69) is 9.71 Å². The molecule has 0 aliphatic rings. The molecule has 0 atom stereocenters. The number of nitrogens with zero attached hydrogens (tertiary/aromatic N) is 1. The summed E-state index contributed by atoms with van der Waals surface area (Å²) < 4.78 is 26.9. The highest BCUT2D eigenvalue weighted by Crippen LogP contribution is 2.15. The first-order chi connectivity index (χ1) is 9.87. The van der Waals surface area contributed by atoms with E-state index >= 15 is 0 Å². The Kier molecular flexibility index (Phi) is 4.54. The normalized spacial score (nSPS) is 11.1. The number of sulfonamides is 1. The third kappa shape index (κ3) is 4.24. The van der Waals surface area contributed by atoms with Crippen molar-refractivity contribution in [1.82, 2.24) is 4.98 Å². The van der Waals surface area contributed by atoms with E-state index in [1.165, 1.54) is 6.20 Å². The zero-order valence-corrected chi connectivity index (χ0v) is 13.0. The molecule has 1 aromatic carbocycles. The first-order valence-electron chi connectivity index (χ1n) is 6.18. The Bertz CT molecular complexity index is 756. The van der Waals surface area contributed by atoms with E-state index < -0.39 is 10.0 Å². The van der Waals surface area contributed by atoms with Crippen molar-refractivity contribution in [3.8, 4) is 0 Å². The lowest BCUT2D eigenvalue weighted by molar-refractivity contribution is 0.600. The third-order valence-corrected chi connectivity index (χ3v) is 4.27. The van der Waals surface area contributed by atoms with E-state index in [1.54, 1.807) is 36.4 Å². The minimum absolute atomic E-state index is 0.179. The van der Waals surface area contributed by atoms with Crippen LogP contribution in [0, 0.1) is 6.92 Å². The molecule has 0 fully saturated rings. The van der Waals surface area contributed by atoms with Gasteiger partial charge < -0.3 is 5.73 Å². The first-order valence-corrected chi connectivity index (χ1v) is 8.24. The lowest BCUT2D eigenvalue weighted by atomic mass is 10.1. The van der Waals surface area contributed by atoms with Crippen molar-refractivity contribution in [2.24, 2.45) is 5.73 Å². The lowest BCUT2D eigenvalue weighted by Gasteiger charge is -2.11. The maximum atomic E-state index is 12.2. The summed E-state index contributed by atoms with van der Waals surface area (Å²) in [6.45, 7) is 1.83. The number of nitrogens with two attached hydrogens (primary N) is 1. The van der Waals surface area contributed by atoms with Gasteiger partial charge in [0.15, 0.2) is 0 Å². The molecule has 5 nitrogen and oxygen atoms in total. The van der Waals surface area contributed by atoms with Crippen LogP contribution in [0.25, 0.3) is 0 Å². The number of pyridine rings is 1. The SMILES string of the molecule is Cc1ccc(NS(=O)(=O)Cc2ccccc2C(N)=S)cn1. The Balaban J connectivity index is 2.22. The molecule has 21 heavy (non-hydrogen) atoms. The molecule has 1 heterocycles. The molecule has 0 saturated carbocycles. The molecule has 0 saturated heterocycles. The van der Waals surface area contributed by atoms with Crippen LogP contribution in [0.1, 0.15) is 16.8 Å². The highest BCUT2D eigenvalue weighted by atomic mass is 32.2. The molecule has 2 aromatic rings. The monoisotopic (exact) mass is 321 g/mol. The van der Waals surface area contributed by atoms with Gasteiger partial charge in [-0.3, -0.25) is 9.71 Å². The quantitative estimate of drug-likeness (QED) is 0.822. The molecule has 7 heteroatoms. The molecular weight excluding hydrogens is 306 g/mol. The van der Waals surface area contributed by atoms with Crippen molar-refractivity contribution in [3.63, 3.8) is 0 Å². The summed E-state index contributed by atoms with van der Waals surface area (Å²) in [6, 6.07) is 10.3. The van der Waals surface area contributed by atoms with Crippen molar-refractivity contribution in [1.29, 1.82) is 0 Å².